The van der Waals surface area contributed by atoms with Crippen LogP contribution in [0.2, 0.25) is 0 Å². The van der Waals surface area contributed by atoms with Crippen molar-refractivity contribution >= 4 is 27.0 Å². The van der Waals surface area contributed by atoms with E-state index in [0.29, 0.717) is 36.0 Å². The molecule has 0 radical (unpaired) electrons. The molecule has 0 bridgehead atoms. The van der Waals surface area contributed by atoms with Crippen molar-refractivity contribution < 1.29 is 17.9 Å². The Labute approximate surface area is 145 Å². The highest BCUT2D eigenvalue weighted by atomic mass is 32.2. The summed E-state index contributed by atoms with van der Waals surface area (Å²) in [7, 11) is -3.69. The van der Waals surface area contributed by atoms with E-state index in [2.05, 4.69) is 9.97 Å². The molecule has 2 heterocycles. The highest BCUT2D eigenvalue weighted by Crippen LogP contribution is 2.28. The molecule has 0 aliphatic carbocycles. The maximum absolute atomic E-state index is 13.0. The van der Waals surface area contributed by atoms with Crippen molar-refractivity contribution in [3.8, 4) is 0 Å². The Bertz CT molecular complexity index is 952. The largest absolute Gasteiger partial charge is 0.466 e. The van der Waals surface area contributed by atoms with Crippen LogP contribution in [-0.4, -0.2) is 48.4 Å². The van der Waals surface area contributed by atoms with Gasteiger partial charge in [-0.2, -0.15) is 4.31 Å². The fraction of sp³-hybridized carbons (Fsp3) is 0.500. The zero-order valence-electron chi connectivity index (χ0n) is 14.2. The van der Waals surface area contributed by atoms with Gasteiger partial charge in [0.05, 0.1) is 28.5 Å². The number of sulfonamides is 1. The highest BCUT2D eigenvalue weighted by molar-refractivity contribution is 7.89. The maximum Gasteiger partial charge on any atom is 0.323 e. The molecule has 8 nitrogen and oxygen atoms in total. The molecule has 0 spiro atoms. The number of aromatic nitrogens is 2. The van der Waals surface area contributed by atoms with Crippen molar-refractivity contribution in [1.82, 2.24) is 14.3 Å². The predicted molar refractivity (Wildman–Crippen MR) is 91.8 cm³/mol. The number of fused-ring (bicyclic) bond motifs is 1. The van der Waals surface area contributed by atoms with Crippen molar-refractivity contribution in [3.63, 3.8) is 0 Å². The highest BCUT2D eigenvalue weighted by Gasteiger charge is 2.33. The molecular weight excluding hydrogens is 346 g/mol. The molecule has 1 fully saturated rings. The van der Waals surface area contributed by atoms with E-state index in [9.17, 15) is 18.0 Å². The van der Waals surface area contributed by atoms with Crippen LogP contribution in [0.15, 0.2) is 21.8 Å². The van der Waals surface area contributed by atoms with Crippen LogP contribution < -0.4 is 5.69 Å². The standard InChI is InChI=1S/C16H21N3O5S/c1-3-24-15(20)11-4-6-19(7-5-11)25(22,23)14-9-13-12(8-10(14)2)17-16(21)18-13/h8-9,11H,3-7H2,1-2H3,(H2,17,18,21). The van der Waals surface area contributed by atoms with Crippen molar-refractivity contribution in [3.05, 3.63) is 28.2 Å². The van der Waals surface area contributed by atoms with Crippen molar-refractivity contribution in [2.24, 2.45) is 5.92 Å². The Hall–Kier alpha value is -2.13. The summed E-state index contributed by atoms with van der Waals surface area (Å²) in [4.78, 5) is 28.6. The number of hydrogen-bond donors (Lipinski definition) is 2. The van der Waals surface area contributed by atoms with E-state index >= 15 is 0 Å². The number of nitrogens with one attached hydrogen (secondary N) is 2. The van der Waals surface area contributed by atoms with Crippen molar-refractivity contribution in [2.75, 3.05) is 19.7 Å². The molecule has 2 aromatic rings. The zero-order chi connectivity index (χ0) is 18.2. The lowest BCUT2D eigenvalue weighted by Crippen LogP contribution is -2.40. The van der Waals surface area contributed by atoms with Gasteiger partial charge in [0.25, 0.3) is 0 Å². The van der Waals surface area contributed by atoms with Gasteiger partial charge in [-0.3, -0.25) is 4.79 Å². The number of aromatic amines is 2. The van der Waals surface area contributed by atoms with Gasteiger partial charge in [0, 0.05) is 13.1 Å². The summed E-state index contributed by atoms with van der Waals surface area (Å²) in [5.41, 5.74) is 1.22. The molecule has 1 saturated heterocycles. The molecule has 1 aliphatic rings. The smallest absolute Gasteiger partial charge is 0.323 e. The quantitative estimate of drug-likeness (QED) is 0.787. The van der Waals surface area contributed by atoms with E-state index in [4.69, 9.17) is 4.74 Å². The van der Waals surface area contributed by atoms with E-state index < -0.39 is 10.0 Å². The molecule has 3 rings (SSSR count). The fourth-order valence-corrected chi connectivity index (χ4v) is 4.88. The van der Waals surface area contributed by atoms with Gasteiger partial charge in [-0.05, 0) is 44.4 Å². The number of esters is 1. The van der Waals surface area contributed by atoms with Crippen LogP contribution in [0.1, 0.15) is 25.3 Å². The maximum atomic E-state index is 13.0. The minimum absolute atomic E-state index is 0.171. The Balaban J connectivity index is 1.84. The second-order valence-corrected chi connectivity index (χ2v) is 8.08. The number of carbonyl (C=O) groups excluding carboxylic acids is 1. The Morgan fingerprint density at radius 2 is 1.84 bits per heavy atom. The summed E-state index contributed by atoms with van der Waals surface area (Å²) in [6.07, 6.45) is 0.890. The number of rotatable bonds is 4. The average Bonchev–Trinajstić information content (AvgIpc) is 2.93. The SMILES string of the molecule is CCOC(=O)C1CCN(S(=O)(=O)c2cc3[nH]c(=O)[nH]c3cc2C)CC1. The van der Waals surface area contributed by atoms with Gasteiger partial charge in [0.15, 0.2) is 0 Å². The van der Waals surface area contributed by atoms with Crippen molar-refractivity contribution in [1.29, 1.82) is 0 Å². The molecule has 0 unspecified atom stereocenters. The first-order chi connectivity index (χ1) is 11.8. The number of nitrogens with zero attached hydrogens (tertiary/aromatic N) is 1. The van der Waals surface area contributed by atoms with E-state index in [1.54, 1.807) is 19.9 Å². The summed E-state index contributed by atoms with van der Waals surface area (Å²) in [6.45, 7) is 4.32. The number of piperidine rings is 1. The molecule has 0 atom stereocenters. The van der Waals surface area contributed by atoms with Crippen LogP contribution in [0.4, 0.5) is 0 Å². The normalized spacial score (nSPS) is 17.0. The minimum atomic E-state index is -3.69. The van der Waals surface area contributed by atoms with Gasteiger partial charge >= 0.3 is 11.7 Å². The number of H-pyrrole nitrogens is 2. The third kappa shape index (κ3) is 3.34. The van der Waals surface area contributed by atoms with Crippen LogP contribution in [0.5, 0.6) is 0 Å². The van der Waals surface area contributed by atoms with E-state index in [0.717, 1.165) is 0 Å². The summed E-state index contributed by atoms with van der Waals surface area (Å²) in [6, 6.07) is 3.13. The average molecular weight is 367 g/mol. The molecule has 1 aliphatic heterocycles. The second kappa shape index (κ2) is 6.64. The number of carbonyl (C=O) groups is 1. The van der Waals surface area contributed by atoms with E-state index in [1.165, 1.54) is 10.4 Å². The number of imidazole rings is 1. The van der Waals surface area contributed by atoms with Gasteiger partial charge in [0.2, 0.25) is 10.0 Å². The topological polar surface area (TPSA) is 112 Å². The first kappa shape index (κ1) is 17.7. The lowest BCUT2D eigenvalue weighted by Gasteiger charge is -2.30. The zero-order valence-corrected chi connectivity index (χ0v) is 15.0. The lowest BCUT2D eigenvalue weighted by molar-refractivity contribution is -0.149. The minimum Gasteiger partial charge on any atom is -0.466 e. The third-order valence-corrected chi connectivity index (χ3v) is 6.54. The van der Waals surface area contributed by atoms with Crippen molar-refractivity contribution in [2.45, 2.75) is 31.6 Å². The van der Waals surface area contributed by atoms with Crippen LogP contribution in [0.3, 0.4) is 0 Å². The lowest BCUT2D eigenvalue weighted by atomic mass is 9.98. The van der Waals surface area contributed by atoms with Crippen LogP contribution in [-0.2, 0) is 19.6 Å². The van der Waals surface area contributed by atoms with Gasteiger partial charge in [-0.1, -0.05) is 0 Å². The van der Waals surface area contributed by atoms with Crippen LogP contribution >= 0.6 is 0 Å². The molecule has 136 valence electrons. The Morgan fingerprint density at radius 3 is 2.44 bits per heavy atom. The molecule has 0 saturated carbocycles. The molecule has 9 heteroatoms. The Kier molecular flexibility index (Phi) is 4.70. The monoisotopic (exact) mass is 367 g/mol. The third-order valence-electron chi connectivity index (χ3n) is 4.50. The van der Waals surface area contributed by atoms with Crippen LogP contribution in [0, 0.1) is 12.8 Å². The van der Waals surface area contributed by atoms with Gasteiger partial charge < -0.3 is 14.7 Å². The van der Waals surface area contributed by atoms with Gasteiger partial charge in [-0.25, -0.2) is 13.2 Å². The van der Waals surface area contributed by atoms with Crippen LogP contribution in [0.25, 0.3) is 11.0 Å². The van der Waals surface area contributed by atoms with Gasteiger partial charge in [-0.15, -0.1) is 0 Å². The molecule has 25 heavy (non-hydrogen) atoms. The summed E-state index contributed by atoms with van der Waals surface area (Å²) in [5.74, 6) is -0.516. The number of aryl methyl sites for hydroxylation is 1. The first-order valence-corrected chi connectivity index (χ1v) is 9.66. The molecule has 0 amide bonds. The number of hydrogen-bond acceptors (Lipinski definition) is 5. The molecule has 1 aromatic heterocycles. The molecular formula is C16H21N3O5S. The van der Waals surface area contributed by atoms with E-state index in [-0.39, 0.29) is 35.6 Å². The fourth-order valence-electron chi connectivity index (χ4n) is 3.18. The number of benzene rings is 1. The number of ether oxygens (including phenoxy) is 1. The Morgan fingerprint density at radius 1 is 1.24 bits per heavy atom. The summed E-state index contributed by atoms with van der Waals surface area (Å²) >= 11 is 0. The molecule has 1 aromatic carbocycles. The summed E-state index contributed by atoms with van der Waals surface area (Å²) in [5, 5.41) is 0. The summed E-state index contributed by atoms with van der Waals surface area (Å²) < 4.78 is 32.3. The molecule has 2 N–H and O–H groups in total. The van der Waals surface area contributed by atoms with Gasteiger partial charge in [0.1, 0.15) is 0 Å². The first-order valence-electron chi connectivity index (χ1n) is 8.22. The van der Waals surface area contributed by atoms with E-state index in [1.807, 2.05) is 0 Å². The predicted octanol–water partition coefficient (Wildman–Crippen LogP) is 1.13. The second-order valence-electron chi connectivity index (χ2n) is 6.17.